The first kappa shape index (κ1) is 14.0. The van der Waals surface area contributed by atoms with Crippen LogP contribution in [0.5, 0.6) is 0 Å². The van der Waals surface area contributed by atoms with Crippen molar-refractivity contribution in [2.24, 2.45) is 5.73 Å². The minimum absolute atomic E-state index is 0.230. The minimum atomic E-state index is -0.621. The molecular formula is C13H16ClN3O2. The Morgan fingerprint density at radius 3 is 2.68 bits per heavy atom. The topological polar surface area (TPSA) is 74.2 Å². The molecule has 0 atom stereocenters. The molecule has 0 saturated heterocycles. The van der Waals surface area contributed by atoms with Gasteiger partial charge < -0.3 is 15.0 Å². The van der Waals surface area contributed by atoms with Gasteiger partial charge in [0.15, 0.2) is 5.82 Å². The molecule has 0 aliphatic carbocycles. The Hall–Kier alpha value is -1.43. The predicted molar refractivity (Wildman–Crippen MR) is 71.5 cm³/mol. The average molecular weight is 282 g/mol. The van der Waals surface area contributed by atoms with Crippen molar-refractivity contribution in [1.29, 1.82) is 0 Å². The Morgan fingerprint density at radius 2 is 2.05 bits per heavy atom. The summed E-state index contributed by atoms with van der Waals surface area (Å²) < 4.78 is 10.6. The van der Waals surface area contributed by atoms with Gasteiger partial charge in [-0.1, -0.05) is 35.0 Å². The van der Waals surface area contributed by atoms with Crippen molar-refractivity contribution in [3.05, 3.63) is 46.6 Å². The summed E-state index contributed by atoms with van der Waals surface area (Å²) in [6, 6.07) is 7.51. The molecule has 0 aliphatic rings. The van der Waals surface area contributed by atoms with Crippen LogP contribution in [0.3, 0.4) is 0 Å². The number of ether oxygens (including phenoxy) is 1. The first-order chi connectivity index (χ1) is 8.97. The smallest absolute Gasteiger partial charge is 0.252 e. The highest BCUT2D eigenvalue weighted by Gasteiger charge is 2.21. The summed E-state index contributed by atoms with van der Waals surface area (Å²) in [5, 5.41) is 4.49. The first-order valence-electron chi connectivity index (χ1n) is 5.90. The fourth-order valence-electron chi connectivity index (χ4n) is 1.44. The molecule has 1 aromatic heterocycles. The van der Waals surface area contributed by atoms with Crippen LogP contribution in [0.2, 0.25) is 5.02 Å². The van der Waals surface area contributed by atoms with Gasteiger partial charge in [0, 0.05) is 5.02 Å². The van der Waals surface area contributed by atoms with Gasteiger partial charge in [0.25, 0.3) is 5.89 Å². The number of nitrogens with zero attached hydrogens (tertiary/aromatic N) is 2. The van der Waals surface area contributed by atoms with E-state index >= 15 is 0 Å². The van der Waals surface area contributed by atoms with E-state index in [-0.39, 0.29) is 6.61 Å². The van der Waals surface area contributed by atoms with Gasteiger partial charge in [-0.3, -0.25) is 0 Å². The molecule has 6 heteroatoms. The lowest BCUT2D eigenvalue weighted by Crippen LogP contribution is -2.30. The summed E-state index contributed by atoms with van der Waals surface area (Å²) in [4.78, 5) is 4.17. The highest BCUT2D eigenvalue weighted by Crippen LogP contribution is 2.17. The van der Waals surface area contributed by atoms with Crippen molar-refractivity contribution in [2.45, 2.75) is 32.6 Å². The molecule has 2 rings (SSSR count). The largest absolute Gasteiger partial charge is 0.367 e. The number of benzene rings is 1. The van der Waals surface area contributed by atoms with Crippen molar-refractivity contribution in [3.63, 3.8) is 0 Å². The molecule has 0 bridgehead atoms. The van der Waals surface area contributed by atoms with Crippen LogP contribution >= 0.6 is 11.6 Å². The van der Waals surface area contributed by atoms with E-state index in [1.807, 2.05) is 38.1 Å². The maximum absolute atomic E-state index is 6.02. The zero-order valence-electron chi connectivity index (χ0n) is 10.9. The van der Waals surface area contributed by atoms with Gasteiger partial charge in [0.05, 0.1) is 12.1 Å². The lowest BCUT2D eigenvalue weighted by molar-refractivity contribution is 0.0851. The highest BCUT2D eigenvalue weighted by atomic mass is 35.5. The first-order valence-corrected chi connectivity index (χ1v) is 6.27. The number of hydrogen-bond acceptors (Lipinski definition) is 5. The Balaban J connectivity index is 1.90. The molecule has 2 aromatic rings. The second kappa shape index (κ2) is 5.69. The standard InChI is InChI=1S/C13H16ClN3O2/c1-13(2,15)12-16-11(19-17-12)8-18-7-9-5-3-4-6-10(9)14/h3-6H,7-8,15H2,1-2H3. The van der Waals surface area contributed by atoms with Gasteiger partial charge in [0.2, 0.25) is 0 Å². The van der Waals surface area contributed by atoms with E-state index in [0.29, 0.717) is 23.3 Å². The van der Waals surface area contributed by atoms with Crippen molar-refractivity contribution >= 4 is 11.6 Å². The van der Waals surface area contributed by atoms with Crippen LogP contribution in [-0.2, 0) is 23.5 Å². The third kappa shape index (κ3) is 3.76. The zero-order valence-corrected chi connectivity index (χ0v) is 11.6. The zero-order chi connectivity index (χ0) is 13.9. The van der Waals surface area contributed by atoms with Crippen molar-refractivity contribution in [1.82, 2.24) is 10.1 Å². The van der Waals surface area contributed by atoms with E-state index in [2.05, 4.69) is 10.1 Å². The van der Waals surface area contributed by atoms with Crippen LogP contribution in [0, 0.1) is 0 Å². The summed E-state index contributed by atoms with van der Waals surface area (Å²) >= 11 is 6.02. The van der Waals surface area contributed by atoms with Gasteiger partial charge >= 0.3 is 0 Å². The fraction of sp³-hybridized carbons (Fsp3) is 0.385. The molecule has 5 nitrogen and oxygen atoms in total. The van der Waals surface area contributed by atoms with Crippen LogP contribution in [0.4, 0.5) is 0 Å². The van der Waals surface area contributed by atoms with E-state index in [0.717, 1.165) is 5.56 Å². The fourth-order valence-corrected chi connectivity index (χ4v) is 1.63. The molecule has 0 saturated carbocycles. The van der Waals surface area contributed by atoms with Gasteiger partial charge in [-0.2, -0.15) is 4.98 Å². The third-order valence-corrected chi connectivity index (χ3v) is 2.85. The van der Waals surface area contributed by atoms with E-state index < -0.39 is 5.54 Å². The van der Waals surface area contributed by atoms with Crippen LogP contribution in [-0.4, -0.2) is 10.1 Å². The molecule has 0 radical (unpaired) electrons. The number of hydrogen-bond donors (Lipinski definition) is 1. The Bertz CT molecular complexity index is 549. The van der Waals surface area contributed by atoms with Crippen LogP contribution in [0.15, 0.2) is 28.8 Å². The maximum Gasteiger partial charge on any atom is 0.252 e. The van der Waals surface area contributed by atoms with Gasteiger partial charge in [0.1, 0.15) is 6.61 Å². The predicted octanol–water partition coefficient (Wildman–Crippen LogP) is 2.63. The molecule has 0 spiro atoms. The normalized spacial score (nSPS) is 11.8. The van der Waals surface area contributed by atoms with Crippen molar-refractivity contribution in [2.75, 3.05) is 0 Å². The van der Waals surface area contributed by atoms with Crippen LogP contribution in [0.25, 0.3) is 0 Å². The van der Waals surface area contributed by atoms with Gasteiger partial charge in [-0.15, -0.1) is 0 Å². The van der Waals surface area contributed by atoms with E-state index in [1.54, 1.807) is 0 Å². The van der Waals surface area contributed by atoms with Crippen LogP contribution in [0.1, 0.15) is 31.1 Å². The van der Waals surface area contributed by atoms with Gasteiger partial charge in [-0.25, -0.2) is 0 Å². The number of aromatic nitrogens is 2. The summed E-state index contributed by atoms with van der Waals surface area (Å²) in [7, 11) is 0. The molecule has 102 valence electrons. The Kier molecular flexibility index (Phi) is 4.19. The number of halogens is 1. The third-order valence-electron chi connectivity index (χ3n) is 2.49. The molecule has 19 heavy (non-hydrogen) atoms. The molecule has 1 heterocycles. The van der Waals surface area contributed by atoms with Crippen LogP contribution < -0.4 is 5.73 Å². The quantitative estimate of drug-likeness (QED) is 0.912. The van der Waals surface area contributed by atoms with E-state index in [4.69, 9.17) is 26.6 Å². The van der Waals surface area contributed by atoms with Gasteiger partial charge in [-0.05, 0) is 25.5 Å². The summed E-state index contributed by atoms with van der Waals surface area (Å²) in [5.74, 6) is 0.865. The molecular weight excluding hydrogens is 266 g/mol. The summed E-state index contributed by atoms with van der Waals surface area (Å²) in [5.41, 5.74) is 6.17. The number of rotatable bonds is 5. The lowest BCUT2D eigenvalue weighted by Gasteiger charge is -2.11. The summed E-state index contributed by atoms with van der Waals surface area (Å²) in [6.07, 6.45) is 0. The SMILES string of the molecule is CC(C)(N)c1noc(COCc2ccccc2Cl)n1. The molecule has 0 unspecified atom stereocenters. The average Bonchev–Trinajstić information content (AvgIpc) is 2.80. The van der Waals surface area contributed by atoms with Crippen molar-refractivity contribution in [3.8, 4) is 0 Å². The molecule has 2 N–H and O–H groups in total. The maximum atomic E-state index is 6.02. The number of nitrogens with two attached hydrogens (primary N) is 1. The van der Waals surface area contributed by atoms with E-state index in [9.17, 15) is 0 Å². The molecule has 0 fully saturated rings. The van der Waals surface area contributed by atoms with E-state index in [1.165, 1.54) is 0 Å². The Morgan fingerprint density at radius 1 is 1.32 bits per heavy atom. The highest BCUT2D eigenvalue weighted by molar-refractivity contribution is 6.31. The second-order valence-corrected chi connectivity index (χ2v) is 5.22. The molecule has 1 aromatic carbocycles. The van der Waals surface area contributed by atoms with Crippen molar-refractivity contribution < 1.29 is 9.26 Å². The monoisotopic (exact) mass is 281 g/mol. The molecule has 0 aliphatic heterocycles. The Labute approximate surface area is 116 Å². The summed E-state index contributed by atoms with van der Waals surface area (Å²) in [6.45, 7) is 4.25. The lowest BCUT2D eigenvalue weighted by atomic mass is 10.1. The second-order valence-electron chi connectivity index (χ2n) is 4.82. The minimum Gasteiger partial charge on any atom is -0.367 e. The molecule has 0 amide bonds.